The zero-order chi connectivity index (χ0) is 39.6. The molecule has 0 spiro atoms. The Labute approximate surface area is 313 Å². The van der Waals surface area contributed by atoms with Crippen LogP contribution in [0.3, 0.4) is 0 Å². The van der Waals surface area contributed by atoms with E-state index in [1.807, 2.05) is 24.0 Å². The first kappa shape index (κ1) is 42.4. The molecule has 0 aromatic heterocycles. The van der Waals surface area contributed by atoms with E-state index in [1.54, 1.807) is 36.4 Å². The molecule has 54 heavy (non-hydrogen) atoms. The summed E-state index contributed by atoms with van der Waals surface area (Å²) in [5.41, 5.74) is 7.96. The molecule has 0 fully saturated rings. The molecule has 1 aliphatic heterocycles. The minimum Gasteiger partial charge on any atom is -0.481 e. The fraction of sp³-hybridized carbons (Fsp3) is 0.432. The van der Waals surface area contributed by atoms with Gasteiger partial charge in [-0.05, 0) is 94.0 Å². The molecule has 0 bridgehead atoms. The van der Waals surface area contributed by atoms with E-state index in [0.717, 1.165) is 5.69 Å². The molecule has 0 saturated carbocycles. The third-order valence-corrected chi connectivity index (χ3v) is 8.61. The number of carbonyl (C=O) groups excluding carboxylic acids is 5. The van der Waals surface area contributed by atoms with Gasteiger partial charge >= 0.3 is 11.9 Å². The van der Waals surface area contributed by atoms with Crippen LogP contribution < -0.4 is 26.6 Å². The number of anilines is 2. The number of likely N-dealkylation sites (N-methyl/N-ethyl adjacent to an activating group) is 1. The Morgan fingerprint density at radius 3 is 2.02 bits per heavy atom. The number of imide groups is 1. The lowest BCUT2D eigenvalue weighted by molar-refractivity contribution is -0.144. The van der Waals surface area contributed by atoms with E-state index in [0.29, 0.717) is 49.5 Å². The van der Waals surface area contributed by atoms with Gasteiger partial charge in [0.05, 0.1) is 17.3 Å². The van der Waals surface area contributed by atoms with Crippen LogP contribution in [0.15, 0.2) is 70.9 Å². The van der Waals surface area contributed by atoms with E-state index in [1.165, 1.54) is 24.0 Å². The predicted octanol–water partition coefficient (Wildman–Crippen LogP) is 3.26. The molecule has 0 saturated heterocycles. The number of carboxylic acids is 2. The van der Waals surface area contributed by atoms with Gasteiger partial charge in [-0.25, -0.2) is 0 Å². The zero-order valence-corrected chi connectivity index (χ0v) is 30.4. The van der Waals surface area contributed by atoms with Crippen molar-refractivity contribution in [1.29, 1.82) is 0 Å². The second kappa shape index (κ2) is 21.5. The summed E-state index contributed by atoms with van der Waals surface area (Å²) >= 11 is 0. The largest absolute Gasteiger partial charge is 0.481 e. The van der Waals surface area contributed by atoms with Gasteiger partial charge in [0, 0.05) is 63.1 Å². The molecule has 0 unspecified atom stereocenters. The smallest absolute Gasteiger partial charge is 0.320 e. The summed E-state index contributed by atoms with van der Waals surface area (Å²) in [5.74, 6) is -5.29. The van der Waals surface area contributed by atoms with Crippen molar-refractivity contribution in [2.45, 2.75) is 70.9 Å². The summed E-state index contributed by atoms with van der Waals surface area (Å²) in [7, 11) is 0. The van der Waals surface area contributed by atoms with Crippen LogP contribution in [0.5, 0.6) is 0 Å². The van der Waals surface area contributed by atoms with Crippen molar-refractivity contribution in [2.75, 3.05) is 36.4 Å². The highest BCUT2D eigenvalue weighted by molar-refractivity contribution is 6.12. The van der Waals surface area contributed by atoms with Gasteiger partial charge in [0.25, 0.3) is 11.8 Å². The first-order valence-corrected chi connectivity index (χ1v) is 17.7. The van der Waals surface area contributed by atoms with Gasteiger partial charge in [0.15, 0.2) is 0 Å². The second-order valence-corrected chi connectivity index (χ2v) is 12.7. The molecule has 1 heterocycles. The number of carbonyl (C=O) groups is 7. The number of nitrogens with zero attached hydrogens (tertiary/aromatic N) is 4. The summed E-state index contributed by atoms with van der Waals surface area (Å²) in [6.07, 6.45) is 3.73. The number of unbranched alkanes of at least 4 members (excludes halogenated alkanes) is 1. The molecule has 0 radical (unpaired) electrons. The molecule has 5 amide bonds. The first-order chi connectivity index (χ1) is 25.8. The number of amides is 5. The maximum atomic E-state index is 13.3. The monoisotopic (exact) mass is 748 g/mol. The van der Waals surface area contributed by atoms with Crippen molar-refractivity contribution in [3.63, 3.8) is 0 Å². The molecular formula is C37H48N8O9. The molecule has 3 atom stereocenters. The lowest BCUT2D eigenvalue weighted by Crippen LogP contribution is -2.43. The van der Waals surface area contributed by atoms with Gasteiger partial charge in [0.2, 0.25) is 17.7 Å². The van der Waals surface area contributed by atoms with Crippen molar-refractivity contribution in [1.82, 2.24) is 15.5 Å². The number of aliphatic carboxylic acids is 2. The fourth-order valence-corrected chi connectivity index (χ4v) is 5.56. The topological polar surface area (TPSA) is 253 Å². The highest BCUT2D eigenvalue weighted by Gasteiger charge is 2.26. The molecule has 3 rings (SSSR count). The fourth-order valence-electron chi connectivity index (χ4n) is 5.56. The summed E-state index contributed by atoms with van der Waals surface area (Å²) in [6, 6.07) is 11.7. The molecule has 7 N–H and O–H groups in total. The molecule has 17 heteroatoms. The minimum atomic E-state index is -1.34. The van der Waals surface area contributed by atoms with Crippen LogP contribution in [0.25, 0.3) is 0 Å². The Balaban J connectivity index is 1.55. The standard InChI is InChI=1S/C37H48N8O9/c1-3-44(21-22-45-33(48)18-19-34(45)49)29-16-14-28(15-17-29)43-42-27-12-10-26(11-13-27)40-35(50)31(8-4-5-20-39-24(2)46)41-32(47)9-6-7-25(36(51)52)23-30(38)37(53)54/h10-19,25,30-31H,3-9,20-23,38H2,1-2H3,(H,39,46)(H,40,50)(H,41,47)(H,51,52)(H,53,54)/t25-,30+,31+/m1/s1. The van der Waals surface area contributed by atoms with E-state index >= 15 is 0 Å². The van der Waals surface area contributed by atoms with Crippen LogP contribution in [0.2, 0.25) is 0 Å². The Hall–Kier alpha value is -5.97. The minimum absolute atomic E-state index is 0.0368. The summed E-state index contributed by atoms with van der Waals surface area (Å²) in [4.78, 5) is 86.8. The van der Waals surface area contributed by atoms with E-state index in [2.05, 4.69) is 26.2 Å². The van der Waals surface area contributed by atoms with Crippen LogP contribution in [-0.4, -0.2) is 94.9 Å². The van der Waals surface area contributed by atoms with Crippen molar-refractivity contribution >= 4 is 64.2 Å². The highest BCUT2D eigenvalue weighted by atomic mass is 16.4. The molecule has 2 aromatic rings. The molecular weight excluding hydrogens is 700 g/mol. The number of nitrogens with two attached hydrogens (primary N) is 1. The predicted molar refractivity (Wildman–Crippen MR) is 199 cm³/mol. The van der Waals surface area contributed by atoms with Crippen LogP contribution >= 0.6 is 0 Å². The van der Waals surface area contributed by atoms with Crippen molar-refractivity contribution in [3.8, 4) is 0 Å². The lowest BCUT2D eigenvalue weighted by atomic mass is 9.94. The van der Waals surface area contributed by atoms with Gasteiger partial charge in [-0.15, -0.1) is 0 Å². The second-order valence-electron chi connectivity index (χ2n) is 12.7. The number of carboxylic acid groups (broad SMARTS) is 2. The number of rotatable bonds is 23. The summed E-state index contributed by atoms with van der Waals surface area (Å²) in [6.45, 7) is 5.21. The summed E-state index contributed by atoms with van der Waals surface area (Å²) in [5, 5.41) is 35.2. The SMILES string of the molecule is CCN(CCN1C(=O)C=CC1=O)c1ccc(N=Nc2ccc(NC(=O)[C@H](CCCCNC(C)=O)NC(=O)CCC[C@H](C[C@H](N)C(=O)O)C(=O)O)cc2)cc1. The highest BCUT2D eigenvalue weighted by Crippen LogP contribution is 2.24. The number of nitrogens with one attached hydrogen (secondary N) is 3. The Morgan fingerprint density at radius 1 is 0.852 bits per heavy atom. The third-order valence-electron chi connectivity index (χ3n) is 8.61. The van der Waals surface area contributed by atoms with Crippen molar-refractivity contribution in [2.24, 2.45) is 21.9 Å². The normalized spacial score (nSPS) is 14.1. The molecule has 17 nitrogen and oxygen atoms in total. The lowest BCUT2D eigenvalue weighted by Gasteiger charge is -2.25. The van der Waals surface area contributed by atoms with E-state index in [-0.39, 0.29) is 56.4 Å². The average Bonchev–Trinajstić information content (AvgIpc) is 3.46. The van der Waals surface area contributed by atoms with Gasteiger partial charge in [-0.2, -0.15) is 10.2 Å². The van der Waals surface area contributed by atoms with Crippen LogP contribution in [0, 0.1) is 5.92 Å². The van der Waals surface area contributed by atoms with Crippen molar-refractivity contribution in [3.05, 3.63) is 60.7 Å². The quantitative estimate of drug-likeness (QED) is 0.0546. The van der Waals surface area contributed by atoms with E-state index in [9.17, 15) is 38.7 Å². The van der Waals surface area contributed by atoms with Gasteiger partial charge in [-0.3, -0.25) is 38.5 Å². The Morgan fingerprint density at radius 2 is 1.46 bits per heavy atom. The van der Waals surface area contributed by atoms with Crippen molar-refractivity contribution < 1.29 is 43.8 Å². The number of hydrogen-bond donors (Lipinski definition) is 6. The maximum absolute atomic E-state index is 13.3. The van der Waals surface area contributed by atoms with E-state index in [4.69, 9.17) is 10.8 Å². The maximum Gasteiger partial charge on any atom is 0.320 e. The van der Waals surface area contributed by atoms with Crippen LogP contribution in [0.4, 0.5) is 22.7 Å². The number of azo groups is 1. The summed E-state index contributed by atoms with van der Waals surface area (Å²) < 4.78 is 0. The first-order valence-electron chi connectivity index (χ1n) is 17.7. The zero-order valence-electron chi connectivity index (χ0n) is 30.4. The van der Waals surface area contributed by atoms with Gasteiger partial charge in [-0.1, -0.05) is 0 Å². The van der Waals surface area contributed by atoms with Gasteiger partial charge in [0.1, 0.15) is 12.1 Å². The van der Waals surface area contributed by atoms with E-state index < -0.39 is 41.8 Å². The molecule has 0 aliphatic carbocycles. The molecule has 2 aromatic carbocycles. The number of benzene rings is 2. The Kier molecular flexibility index (Phi) is 16.9. The molecule has 290 valence electrons. The molecule has 1 aliphatic rings. The third kappa shape index (κ3) is 14.2. The number of hydrogen-bond acceptors (Lipinski definition) is 11. The van der Waals surface area contributed by atoms with Gasteiger partial charge < -0.3 is 36.8 Å². The van der Waals surface area contributed by atoms with Crippen LogP contribution in [0.1, 0.15) is 58.8 Å². The average molecular weight is 749 g/mol. The van der Waals surface area contributed by atoms with Crippen LogP contribution in [-0.2, 0) is 33.6 Å². The Bertz CT molecular complexity index is 1680.